The average Bonchev–Trinajstić information content (AvgIpc) is 3.50. The van der Waals surface area contributed by atoms with E-state index in [2.05, 4.69) is 84.4 Å². The molecule has 1 saturated carbocycles. The molecule has 1 heterocycles. The summed E-state index contributed by atoms with van der Waals surface area (Å²) in [6.45, 7) is 10.8. The highest BCUT2D eigenvalue weighted by Crippen LogP contribution is 2.49. The number of nitrogens with one attached hydrogen (secondary N) is 1. The predicted octanol–water partition coefficient (Wildman–Crippen LogP) is 5.20. The zero-order valence-electron chi connectivity index (χ0n) is 20.7. The molecule has 4 heteroatoms. The molecule has 0 aromatic heterocycles. The minimum atomic E-state index is -0.236. The molecule has 2 fully saturated rings. The minimum absolute atomic E-state index is 0.0559. The maximum absolute atomic E-state index is 13.6. The van der Waals surface area contributed by atoms with Crippen molar-refractivity contribution in [3.63, 3.8) is 0 Å². The van der Waals surface area contributed by atoms with E-state index in [1.54, 1.807) is 0 Å². The molecule has 0 bridgehead atoms. The molecule has 2 aliphatic carbocycles. The van der Waals surface area contributed by atoms with Crippen LogP contribution in [0.25, 0.3) is 10.8 Å². The Balaban J connectivity index is 1.28. The standard InChI is InChI=1S/C30H35N3O/c1-4-32-16-17-33(19-21(32)3)24-12-8-20(2)26(18-24)29(34)31-30(14-15-30)27-13-11-23-10-9-22-6-5-7-25(27)28(22)23/h5-8,11-13,18,21H,4,9-10,14-17,19H2,1-3H3,(H,31,34)/t21-/m0/s1. The van der Waals surface area contributed by atoms with E-state index >= 15 is 0 Å². The number of hydrogen-bond acceptors (Lipinski definition) is 3. The third kappa shape index (κ3) is 3.51. The summed E-state index contributed by atoms with van der Waals surface area (Å²) in [5.41, 5.74) is 6.98. The molecule has 0 radical (unpaired) electrons. The second kappa shape index (κ2) is 8.13. The molecule has 1 amide bonds. The Morgan fingerprint density at radius 1 is 1.06 bits per heavy atom. The molecular weight excluding hydrogens is 418 g/mol. The third-order valence-electron chi connectivity index (χ3n) is 8.50. The lowest BCUT2D eigenvalue weighted by Gasteiger charge is -2.40. The second-order valence-corrected chi connectivity index (χ2v) is 10.6. The van der Waals surface area contributed by atoms with Crippen molar-refractivity contribution in [1.82, 2.24) is 10.2 Å². The monoisotopic (exact) mass is 453 g/mol. The zero-order chi connectivity index (χ0) is 23.4. The summed E-state index contributed by atoms with van der Waals surface area (Å²) in [6, 6.07) is 18.2. The number of amides is 1. The number of carbonyl (C=O) groups is 1. The first kappa shape index (κ1) is 21.7. The van der Waals surface area contributed by atoms with Crippen LogP contribution < -0.4 is 10.2 Å². The predicted molar refractivity (Wildman–Crippen MR) is 140 cm³/mol. The summed E-state index contributed by atoms with van der Waals surface area (Å²) in [4.78, 5) is 18.6. The number of likely N-dealkylation sites (N-methyl/N-ethyl adjacent to an activating group) is 1. The summed E-state index contributed by atoms with van der Waals surface area (Å²) < 4.78 is 0. The van der Waals surface area contributed by atoms with Gasteiger partial charge in [-0.15, -0.1) is 0 Å². The molecule has 1 atom stereocenters. The van der Waals surface area contributed by atoms with Crippen LogP contribution in [-0.2, 0) is 18.4 Å². The average molecular weight is 454 g/mol. The molecule has 6 rings (SSSR count). The number of piperazine rings is 1. The van der Waals surface area contributed by atoms with Gasteiger partial charge in [0.15, 0.2) is 0 Å². The molecule has 176 valence electrons. The molecule has 34 heavy (non-hydrogen) atoms. The van der Waals surface area contributed by atoms with Crippen LogP contribution in [0.3, 0.4) is 0 Å². The largest absolute Gasteiger partial charge is 0.369 e. The van der Waals surface area contributed by atoms with Crippen molar-refractivity contribution in [2.75, 3.05) is 31.1 Å². The molecule has 0 spiro atoms. The quantitative estimate of drug-likeness (QED) is 0.577. The van der Waals surface area contributed by atoms with E-state index in [0.29, 0.717) is 6.04 Å². The molecule has 1 aliphatic heterocycles. The summed E-state index contributed by atoms with van der Waals surface area (Å²) in [6.07, 6.45) is 4.28. The summed E-state index contributed by atoms with van der Waals surface area (Å²) >= 11 is 0. The van der Waals surface area contributed by atoms with E-state index in [1.165, 1.54) is 27.5 Å². The maximum Gasteiger partial charge on any atom is 0.252 e. The Hall–Kier alpha value is -2.85. The van der Waals surface area contributed by atoms with Crippen molar-refractivity contribution in [2.24, 2.45) is 0 Å². The van der Waals surface area contributed by atoms with Crippen molar-refractivity contribution in [2.45, 2.75) is 58.0 Å². The Morgan fingerprint density at radius 2 is 1.85 bits per heavy atom. The van der Waals surface area contributed by atoms with Crippen LogP contribution in [0.2, 0.25) is 0 Å². The van der Waals surface area contributed by atoms with Gasteiger partial charge in [0.2, 0.25) is 0 Å². The van der Waals surface area contributed by atoms with Gasteiger partial charge in [0.05, 0.1) is 5.54 Å². The van der Waals surface area contributed by atoms with Gasteiger partial charge < -0.3 is 10.2 Å². The number of benzene rings is 3. The van der Waals surface area contributed by atoms with E-state index in [-0.39, 0.29) is 11.4 Å². The fourth-order valence-corrected chi connectivity index (χ4v) is 6.29. The molecule has 3 aromatic carbocycles. The first-order valence-electron chi connectivity index (χ1n) is 13.0. The molecule has 4 nitrogen and oxygen atoms in total. The Labute approximate surface area is 202 Å². The van der Waals surface area contributed by atoms with Crippen LogP contribution in [0, 0.1) is 6.92 Å². The van der Waals surface area contributed by atoms with Gasteiger partial charge in [-0.1, -0.05) is 43.3 Å². The smallest absolute Gasteiger partial charge is 0.252 e. The molecule has 3 aromatic rings. The summed E-state index contributed by atoms with van der Waals surface area (Å²) in [5.74, 6) is 0.0559. The molecule has 3 aliphatic rings. The van der Waals surface area contributed by atoms with Gasteiger partial charge in [0, 0.05) is 36.9 Å². The second-order valence-electron chi connectivity index (χ2n) is 10.6. The van der Waals surface area contributed by atoms with Crippen LogP contribution in [0.4, 0.5) is 5.69 Å². The van der Waals surface area contributed by atoms with Crippen LogP contribution in [0.15, 0.2) is 48.5 Å². The number of carbonyl (C=O) groups excluding carboxylic acids is 1. The topological polar surface area (TPSA) is 35.6 Å². The van der Waals surface area contributed by atoms with Gasteiger partial charge in [-0.25, -0.2) is 0 Å². The third-order valence-corrected chi connectivity index (χ3v) is 8.50. The lowest BCUT2D eigenvalue weighted by molar-refractivity contribution is 0.0930. The maximum atomic E-state index is 13.6. The number of aryl methyl sites for hydroxylation is 3. The molecule has 1 saturated heterocycles. The van der Waals surface area contributed by atoms with Gasteiger partial charge >= 0.3 is 0 Å². The minimum Gasteiger partial charge on any atom is -0.369 e. The molecule has 0 unspecified atom stereocenters. The first-order chi connectivity index (χ1) is 16.5. The SMILES string of the molecule is CCN1CCN(c2ccc(C)c(C(=O)NC3(c4ccc5c6c(cccc46)CC5)CC3)c2)C[C@@H]1C. The summed E-state index contributed by atoms with van der Waals surface area (Å²) in [7, 11) is 0. The van der Waals surface area contributed by atoms with Crippen LogP contribution in [-0.4, -0.2) is 43.0 Å². The molecule has 1 N–H and O–H groups in total. The van der Waals surface area contributed by atoms with Crippen LogP contribution in [0.5, 0.6) is 0 Å². The van der Waals surface area contributed by atoms with Gasteiger partial charge in [0.1, 0.15) is 0 Å². The lowest BCUT2D eigenvalue weighted by Crippen LogP contribution is -2.51. The van der Waals surface area contributed by atoms with Crippen molar-refractivity contribution >= 4 is 22.4 Å². The van der Waals surface area contributed by atoms with E-state index in [4.69, 9.17) is 0 Å². The van der Waals surface area contributed by atoms with Crippen LogP contribution >= 0.6 is 0 Å². The zero-order valence-corrected chi connectivity index (χ0v) is 20.7. The van der Waals surface area contributed by atoms with Gasteiger partial charge in [-0.05, 0) is 91.2 Å². The Morgan fingerprint density at radius 3 is 2.59 bits per heavy atom. The highest BCUT2D eigenvalue weighted by molar-refractivity contribution is 5.99. The number of anilines is 1. The van der Waals surface area contributed by atoms with Crippen molar-refractivity contribution in [3.8, 4) is 0 Å². The number of rotatable bonds is 5. The Kier molecular flexibility index (Phi) is 5.18. The normalized spacial score (nSPS) is 21.1. The van der Waals surface area contributed by atoms with Gasteiger partial charge in [-0.3, -0.25) is 9.69 Å². The van der Waals surface area contributed by atoms with Crippen molar-refractivity contribution in [3.05, 3.63) is 76.3 Å². The van der Waals surface area contributed by atoms with Crippen molar-refractivity contribution in [1.29, 1.82) is 0 Å². The highest BCUT2D eigenvalue weighted by atomic mass is 16.1. The fourth-order valence-electron chi connectivity index (χ4n) is 6.29. The van der Waals surface area contributed by atoms with E-state index in [1.807, 2.05) is 0 Å². The van der Waals surface area contributed by atoms with Crippen molar-refractivity contribution < 1.29 is 4.79 Å². The number of nitrogens with zero attached hydrogens (tertiary/aromatic N) is 2. The first-order valence-corrected chi connectivity index (χ1v) is 13.0. The van der Waals surface area contributed by atoms with Gasteiger partial charge in [-0.2, -0.15) is 0 Å². The van der Waals surface area contributed by atoms with E-state index < -0.39 is 0 Å². The van der Waals surface area contributed by atoms with Gasteiger partial charge in [0.25, 0.3) is 5.91 Å². The molecular formula is C30H35N3O. The Bertz CT molecular complexity index is 1270. The van der Waals surface area contributed by atoms with E-state index in [9.17, 15) is 4.79 Å². The van der Waals surface area contributed by atoms with E-state index in [0.717, 1.165) is 68.7 Å². The fraction of sp³-hybridized carbons (Fsp3) is 0.433. The lowest BCUT2D eigenvalue weighted by atomic mass is 9.93. The highest BCUT2D eigenvalue weighted by Gasteiger charge is 2.47. The van der Waals surface area contributed by atoms with Crippen LogP contribution in [0.1, 0.15) is 59.3 Å². The summed E-state index contributed by atoms with van der Waals surface area (Å²) in [5, 5.41) is 6.24. The number of hydrogen-bond donors (Lipinski definition) is 1.